The first-order valence-electron chi connectivity index (χ1n) is 6.72. The van der Waals surface area contributed by atoms with Crippen LogP contribution in [-0.4, -0.2) is 30.6 Å². The van der Waals surface area contributed by atoms with E-state index in [1.807, 2.05) is 19.1 Å². The zero-order chi connectivity index (χ0) is 13.7. The Labute approximate surface area is 113 Å². The summed E-state index contributed by atoms with van der Waals surface area (Å²) in [5, 5.41) is 6.01. The molecule has 0 spiro atoms. The van der Waals surface area contributed by atoms with Gasteiger partial charge in [0.25, 0.3) is 0 Å². The normalized spacial score (nSPS) is 14.2. The quantitative estimate of drug-likeness (QED) is 0.775. The molecule has 0 atom stereocenters. The van der Waals surface area contributed by atoms with Crippen molar-refractivity contribution in [2.75, 3.05) is 13.7 Å². The SMILES string of the molecule is CNC(=O)CCOc1ccc(C)nc1CNC1CC1. The van der Waals surface area contributed by atoms with Gasteiger partial charge < -0.3 is 15.4 Å². The molecule has 1 aromatic heterocycles. The lowest BCUT2D eigenvalue weighted by Crippen LogP contribution is -2.21. The minimum absolute atomic E-state index is 0.0160. The summed E-state index contributed by atoms with van der Waals surface area (Å²) in [4.78, 5) is 15.6. The number of nitrogens with zero attached hydrogens (tertiary/aromatic N) is 1. The molecule has 0 radical (unpaired) electrons. The first-order chi connectivity index (χ1) is 9.19. The Balaban J connectivity index is 1.91. The van der Waals surface area contributed by atoms with Gasteiger partial charge in [-0.15, -0.1) is 0 Å². The third-order valence-electron chi connectivity index (χ3n) is 3.07. The molecule has 5 heteroatoms. The number of carbonyl (C=O) groups excluding carboxylic acids is 1. The molecule has 1 aromatic rings. The van der Waals surface area contributed by atoms with Crippen LogP contribution < -0.4 is 15.4 Å². The van der Waals surface area contributed by atoms with Crippen LogP contribution in [0.4, 0.5) is 0 Å². The summed E-state index contributed by atoms with van der Waals surface area (Å²) in [6.07, 6.45) is 2.86. The van der Waals surface area contributed by atoms with Gasteiger partial charge in [0.15, 0.2) is 0 Å². The number of carbonyl (C=O) groups is 1. The molecule has 2 N–H and O–H groups in total. The summed E-state index contributed by atoms with van der Waals surface area (Å²) in [5.41, 5.74) is 1.90. The van der Waals surface area contributed by atoms with Gasteiger partial charge >= 0.3 is 0 Å². The van der Waals surface area contributed by atoms with Crippen LogP contribution in [0.5, 0.6) is 5.75 Å². The van der Waals surface area contributed by atoms with Crippen molar-refractivity contribution in [1.29, 1.82) is 0 Å². The smallest absolute Gasteiger partial charge is 0.223 e. The van der Waals surface area contributed by atoms with E-state index < -0.39 is 0 Å². The number of ether oxygens (including phenoxy) is 1. The molecule has 5 nitrogen and oxygen atoms in total. The number of aromatic nitrogens is 1. The van der Waals surface area contributed by atoms with Crippen LogP contribution in [0.1, 0.15) is 30.7 Å². The standard InChI is InChI=1S/C14H21N3O2/c1-10-3-6-13(19-8-7-14(18)15-2)12(17-10)9-16-11-4-5-11/h3,6,11,16H,4-5,7-9H2,1-2H3,(H,15,18). The van der Waals surface area contributed by atoms with Crippen molar-refractivity contribution in [3.63, 3.8) is 0 Å². The van der Waals surface area contributed by atoms with Crippen LogP contribution >= 0.6 is 0 Å². The van der Waals surface area contributed by atoms with Gasteiger partial charge in [0.1, 0.15) is 5.75 Å². The summed E-state index contributed by atoms with van der Waals surface area (Å²) >= 11 is 0. The maximum Gasteiger partial charge on any atom is 0.223 e. The van der Waals surface area contributed by atoms with E-state index in [1.165, 1.54) is 12.8 Å². The number of hydrogen-bond acceptors (Lipinski definition) is 4. The topological polar surface area (TPSA) is 63.2 Å². The van der Waals surface area contributed by atoms with Crippen molar-refractivity contribution in [1.82, 2.24) is 15.6 Å². The zero-order valence-corrected chi connectivity index (χ0v) is 11.5. The molecular formula is C14H21N3O2. The number of nitrogens with one attached hydrogen (secondary N) is 2. The van der Waals surface area contributed by atoms with E-state index in [-0.39, 0.29) is 5.91 Å². The second-order valence-electron chi connectivity index (χ2n) is 4.82. The first kappa shape index (κ1) is 13.8. The van der Waals surface area contributed by atoms with Gasteiger partial charge in [0, 0.05) is 25.3 Å². The largest absolute Gasteiger partial charge is 0.491 e. The lowest BCUT2D eigenvalue weighted by Gasteiger charge is -2.11. The molecule has 0 aliphatic heterocycles. The minimum atomic E-state index is -0.0160. The predicted octanol–water partition coefficient (Wildman–Crippen LogP) is 1.16. The highest BCUT2D eigenvalue weighted by Gasteiger charge is 2.21. The average Bonchev–Trinajstić information content (AvgIpc) is 3.22. The van der Waals surface area contributed by atoms with Crippen molar-refractivity contribution >= 4 is 5.91 Å². The Morgan fingerprint density at radius 2 is 2.26 bits per heavy atom. The predicted molar refractivity (Wildman–Crippen MR) is 73.0 cm³/mol. The summed E-state index contributed by atoms with van der Waals surface area (Å²) in [7, 11) is 1.63. The molecule has 0 bridgehead atoms. The number of aryl methyl sites for hydroxylation is 1. The summed E-state index contributed by atoms with van der Waals surface area (Å²) < 4.78 is 5.65. The second-order valence-corrected chi connectivity index (χ2v) is 4.82. The lowest BCUT2D eigenvalue weighted by molar-refractivity contribution is -0.121. The fourth-order valence-corrected chi connectivity index (χ4v) is 1.76. The minimum Gasteiger partial charge on any atom is -0.491 e. The molecule has 2 rings (SSSR count). The summed E-state index contributed by atoms with van der Waals surface area (Å²) in [6, 6.07) is 4.49. The van der Waals surface area contributed by atoms with Gasteiger partial charge in [-0.25, -0.2) is 0 Å². The molecule has 1 heterocycles. The van der Waals surface area contributed by atoms with Crippen LogP contribution in [0, 0.1) is 6.92 Å². The fourth-order valence-electron chi connectivity index (χ4n) is 1.76. The molecule has 1 aliphatic carbocycles. The van der Waals surface area contributed by atoms with Crippen molar-refractivity contribution in [3.05, 3.63) is 23.5 Å². The Morgan fingerprint density at radius 1 is 1.47 bits per heavy atom. The third kappa shape index (κ3) is 4.52. The van der Waals surface area contributed by atoms with E-state index in [9.17, 15) is 4.79 Å². The van der Waals surface area contributed by atoms with Crippen molar-refractivity contribution in [2.45, 2.75) is 38.8 Å². The van der Waals surface area contributed by atoms with Crippen LogP contribution in [0.3, 0.4) is 0 Å². The van der Waals surface area contributed by atoms with Crippen LogP contribution in [-0.2, 0) is 11.3 Å². The number of hydrogen-bond donors (Lipinski definition) is 2. The molecule has 1 aliphatic rings. The highest BCUT2D eigenvalue weighted by Crippen LogP contribution is 2.22. The molecule has 0 aromatic carbocycles. The zero-order valence-electron chi connectivity index (χ0n) is 11.5. The Morgan fingerprint density at radius 3 is 2.95 bits per heavy atom. The van der Waals surface area contributed by atoms with Crippen LogP contribution in [0.15, 0.2) is 12.1 Å². The van der Waals surface area contributed by atoms with Gasteiger partial charge in [-0.3, -0.25) is 9.78 Å². The molecular weight excluding hydrogens is 242 g/mol. The molecule has 1 fully saturated rings. The molecule has 104 valence electrons. The molecule has 0 saturated heterocycles. The van der Waals surface area contributed by atoms with Gasteiger partial charge in [-0.1, -0.05) is 0 Å². The number of amides is 1. The molecule has 1 amide bonds. The monoisotopic (exact) mass is 263 g/mol. The summed E-state index contributed by atoms with van der Waals surface area (Å²) in [6.45, 7) is 3.07. The highest BCUT2D eigenvalue weighted by atomic mass is 16.5. The second kappa shape index (κ2) is 6.52. The van der Waals surface area contributed by atoms with Gasteiger partial charge in [0.05, 0.1) is 18.7 Å². The fraction of sp³-hybridized carbons (Fsp3) is 0.571. The lowest BCUT2D eigenvalue weighted by atomic mass is 10.2. The van der Waals surface area contributed by atoms with E-state index in [4.69, 9.17) is 4.74 Å². The van der Waals surface area contributed by atoms with Gasteiger partial charge in [-0.05, 0) is 31.9 Å². The van der Waals surface area contributed by atoms with Crippen molar-refractivity contribution < 1.29 is 9.53 Å². The van der Waals surface area contributed by atoms with E-state index in [1.54, 1.807) is 7.05 Å². The van der Waals surface area contributed by atoms with E-state index in [0.29, 0.717) is 19.1 Å². The van der Waals surface area contributed by atoms with E-state index in [0.717, 1.165) is 23.7 Å². The molecule has 19 heavy (non-hydrogen) atoms. The summed E-state index contributed by atoms with van der Waals surface area (Å²) in [5.74, 6) is 0.750. The third-order valence-corrected chi connectivity index (χ3v) is 3.07. The average molecular weight is 263 g/mol. The molecule has 0 unspecified atom stereocenters. The molecule has 1 saturated carbocycles. The van der Waals surface area contributed by atoms with Crippen LogP contribution in [0.2, 0.25) is 0 Å². The number of pyridine rings is 1. The Hall–Kier alpha value is -1.62. The first-order valence-corrected chi connectivity index (χ1v) is 6.72. The van der Waals surface area contributed by atoms with Crippen molar-refractivity contribution in [3.8, 4) is 5.75 Å². The maximum atomic E-state index is 11.1. The van der Waals surface area contributed by atoms with E-state index in [2.05, 4.69) is 15.6 Å². The van der Waals surface area contributed by atoms with Crippen molar-refractivity contribution in [2.24, 2.45) is 0 Å². The number of rotatable bonds is 7. The maximum absolute atomic E-state index is 11.1. The van der Waals surface area contributed by atoms with E-state index >= 15 is 0 Å². The van der Waals surface area contributed by atoms with Gasteiger partial charge in [-0.2, -0.15) is 0 Å². The van der Waals surface area contributed by atoms with Crippen LogP contribution in [0.25, 0.3) is 0 Å². The van der Waals surface area contributed by atoms with Gasteiger partial charge in [0.2, 0.25) is 5.91 Å². The Bertz CT molecular complexity index is 444. The Kier molecular flexibility index (Phi) is 4.74. The highest BCUT2D eigenvalue weighted by molar-refractivity contribution is 5.75.